The predicted molar refractivity (Wildman–Crippen MR) is 73.4 cm³/mol. The Balaban J connectivity index is 2.29. The van der Waals surface area contributed by atoms with Gasteiger partial charge in [-0.15, -0.1) is 0 Å². The molecule has 0 aromatic carbocycles. The van der Waals surface area contributed by atoms with Gasteiger partial charge in [0.25, 0.3) is 0 Å². The van der Waals surface area contributed by atoms with E-state index in [0.717, 1.165) is 52.0 Å². The van der Waals surface area contributed by atoms with Crippen LogP contribution in [0.1, 0.15) is 40.0 Å². The van der Waals surface area contributed by atoms with Crippen molar-refractivity contribution in [3.63, 3.8) is 0 Å². The van der Waals surface area contributed by atoms with Crippen LogP contribution < -0.4 is 5.32 Å². The van der Waals surface area contributed by atoms with Crippen molar-refractivity contribution in [2.75, 3.05) is 32.8 Å². The van der Waals surface area contributed by atoms with Crippen molar-refractivity contribution in [1.29, 1.82) is 5.26 Å². The molecular weight excluding hydrogens is 226 g/mol. The van der Waals surface area contributed by atoms with E-state index in [4.69, 9.17) is 4.74 Å². The summed E-state index contributed by atoms with van der Waals surface area (Å²) in [6.07, 6.45) is 3.42. The van der Waals surface area contributed by atoms with Crippen LogP contribution in [-0.4, -0.2) is 49.3 Å². The number of hydrogen-bond acceptors (Lipinski definition) is 4. The van der Waals surface area contributed by atoms with Crippen LogP contribution in [0.2, 0.25) is 0 Å². The van der Waals surface area contributed by atoms with Crippen molar-refractivity contribution in [1.82, 2.24) is 10.2 Å². The molecule has 104 valence electrons. The van der Waals surface area contributed by atoms with Crippen LogP contribution in [0.5, 0.6) is 0 Å². The van der Waals surface area contributed by atoms with Gasteiger partial charge in [0.2, 0.25) is 0 Å². The van der Waals surface area contributed by atoms with Crippen molar-refractivity contribution in [2.24, 2.45) is 0 Å². The van der Waals surface area contributed by atoms with Gasteiger partial charge in [0.05, 0.1) is 12.2 Å². The zero-order chi connectivity index (χ0) is 13.4. The topological polar surface area (TPSA) is 48.3 Å². The molecule has 1 aliphatic rings. The second-order valence-corrected chi connectivity index (χ2v) is 5.41. The molecule has 18 heavy (non-hydrogen) atoms. The third-order valence-corrected chi connectivity index (χ3v) is 3.50. The molecule has 0 amide bonds. The standard InChI is InChI=1S/C14H27N3O/c1-4-16-14(3,12-15)7-5-8-17-9-6-10-18-13(2)11-17/h13,16H,4-11H2,1-3H3. The summed E-state index contributed by atoms with van der Waals surface area (Å²) >= 11 is 0. The lowest BCUT2D eigenvalue weighted by Crippen LogP contribution is -2.41. The number of nitriles is 1. The summed E-state index contributed by atoms with van der Waals surface area (Å²) in [6, 6.07) is 2.38. The number of hydrogen-bond donors (Lipinski definition) is 1. The summed E-state index contributed by atoms with van der Waals surface area (Å²) < 4.78 is 5.63. The molecule has 4 heteroatoms. The first kappa shape index (κ1) is 15.4. The highest BCUT2D eigenvalue weighted by atomic mass is 16.5. The Hall–Kier alpha value is -0.630. The Labute approximate surface area is 111 Å². The van der Waals surface area contributed by atoms with E-state index in [1.54, 1.807) is 0 Å². The van der Waals surface area contributed by atoms with Crippen LogP contribution in [-0.2, 0) is 4.74 Å². The molecule has 2 atom stereocenters. The SMILES string of the molecule is CCNC(C)(C#N)CCCN1CCCOC(C)C1. The quantitative estimate of drug-likeness (QED) is 0.784. The average molecular weight is 253 g/mol. The smallest absolute Gasteiger partial charge is 0.103 e. The number of rotatable bonds is 6. The van der Waals surface area contributed by atoms with Crippen molar-refractivity contribution in [3.05, 3.63) is 0 Å². The number of ether oxygens (including phenoxy) is 1. The molecular formula is C14H27N3O. The molecule has 1 aliphatic heterocycles. The van der Waals surface area contributed by atoms with Crippen LogP contribution in [0.15, 0.2) is 0 Å². The van der Waals surface area contributed by atoms with Gasteiger partial charge in [0, 0.05) is 19.7 Å². The van der Waals surface area contributed by atoms with E-state index in [-0.39, 0.29) is 5.54 Å². The van der Waals surface area contributed by atoms with Gasteiger partial charge >= 0.3 is 0 Å². The third-order valence-electron chi connectivity index (χ3n) is 3.50. The molecule has 1 heterocycles. The Morgan fingerprint density at radius 1 is 1.56 bits per heavy atom. The first-order chi connectivity index (χ1) is 8.59. The van der Waals surface area contributed by atoms with E-state index in [9.17, 15) is 5.26 Å². The maximum atomic E-state index is 9.19. The molecule has 0 spiro atoms. The fraction of sp³-hybridized carbons (Fsp3) is 0.929. The van der Waals surface area contributed by atoms with Crippen molar-refractivity contribution < 1.29 is 4.74 Å². The fourth-order valence-electron chi connectivity index (χ4n) is 2.51. The highest BCUT2D eigenvalue weighted by molar-refractivity contribution is 5.03. The summed E-state index contributed by atoms with van der Waals surface area (Å²) in [4.78, 5) is 2.46. The van der Waals surface area contributed by atoms with E-state index in [0.29, 0.717) is 6.10 Å². The summed E-state index contributed by atoms with van der Waals surface area (Å²) in [5.74, 6) is 0. The van der Waals surface area contributed by atoms with Crippen molar-refractivity contribution in [2.45, 2.75) is 51.7 Å². The molecule has 1 N–H and O–H groups in total. The third kappa shape index (κ3) is 5.34. The zero-order valence-electron chi connectivity index (χ0n) is 12.0. The van der Waals surface area contributed by atoms with Gasteiger partial charge < -0.3 is 9.64 Å². The van der Waals surface area contributed by atoms with Crippen LogP contribution >= 0.6 is 0 Å². The molecule has 1 rings (SSSR count). The summed E-state index contributed by atoms with van der Waals surface area (Å²) in [7, 11) is 0. The van der Waals surface area contributed by atoms with Gasteiger partial charge in [0.15, 0.2) is 0 Å². The average Bonchev–Trinajstić information content (AvgIpc) is 2.54. The second kappa shape index (κ2) is 7.73. The maximum absolute atomic E-state index is 9.19. The molecule has 1 fully saturated rings. The lowest BCUT2D eigenvalue weighted by Gasteiger charge is -2.26. The minimum atomic E-state index is -0.372. The number of nitrogens with one attached hydrogen (secondary N) is 1. The largest absolute Gasteiger partial charge is 0.377 e. The molecule has 0 aromatic heterocycles. The maximum Gasteiger partial charge on any atom is 0.103 e. The minimum absolute atomic E-state index is 0.337. The van der Waals surface area contributed by atoms with Gasteiger partial charge in [-0.2, -0.15) is 5.26 Å². The zero-order valence-corrected chi connectivity index (χ0v) is 12.0. The molecule has 0 aromatic rings. The Bertz CT molecular complexity index is 277. The van der Waals surface area contributed by atoms with Crippen molar-refractivity contribution >= 4 is 0 Å². The molecule has 4 nitrogen and oxygen atoms in total. The normalized spacial score (nSPS) is 25.1. The first-order valence-electron chi connectivity index (χ1n) is 7.10. The van der Waals surface area contributed by atoms with Gasteiger partial charge in [0.1, 0.15) is 5.54 Å². The summed E-state index contributed by atoms with van der Waals surface area (Å²) in [5.41, 5.74) is -0.372. The van der Waals surface area contributed by atoms with E-state index in [2.05, 4.69) is 23.2 Å². The van der Waals surface area contributed by atoms with E-state index < -0.39 is 0 Å². The first-order valence-corrected chi connectivity index (χ1v) is 7.10. The summed E-state index contributed by atoms with van der Waals surface area (Å²) in [6.45, 7) is 11.1. The monoisotopic (exact) mass is 253 g/mol. The fourth-order valence-corrected chi connectivity index (χ4v) is 2.51. The van der Waals surface area contributed by atoms with E-state index >= 15 is 0 Å². The lowest BCUT2D eigenvalue weighted by atomic mass is 9.97. The summed E-state index contributed by atoms with van der Waals surface area (Å²) in [5, 5.41) is 12.5. The minimum Gasteiger partial charge on any atom is -0.377 e. The van der Waals surface area contributed by atoms with Gasteiger partial charge in [-0.3, -0.25) is 5.32 Å². The highest BCUT2D eigenvalue weighted by Gasteiger charge is 2.22. The Kier molecular flexibility index (Phi) is 6.62. The van der Waals surface area contributed by atoms with Crippen molar-refractivity contribution in [3.8, 4) is 6.07 Å². The highest BCUT2D eigenvalue weighted by Crippen LogP contribution is 2.13. The predicted octanol–water partition coefficient (Wildman–Crippen LogP) is 1.77. The van der Waals surface area contributed by atoms with Gasteiger partial charge in [-0.1, -0.05) is 6.92 Å². The van der Waals surface area contributed by atoms with E-state index in [1.165, 1.54) is 0 Å². The Morgan fingerprint density at radius 2 is 2.33 bits per heavy atom. The molecule has 0 aliphatic carbocycles. The van der Waals surface area contributed by atoms with Crippen LogP contribution in [0, 0.1) is 11.3 Å². The molecule has 0 radical (unpaired) electrons. The van der Waals surface area contributed by atoms with Gasteiger partial charge in [-0.25, -0.2) is 0 Å². The van der Waals surface area contributed by atoms with Crippen LogP contribution in [0.4, 0.5) is 0 Å². The molecule has 0 saturated carbocycles. The van der Waals surface area contributed by atoms with E-state index in [1.807, 2.05) is 13.8 Å². The van der Waals surface area contributed by atoms with Crippen LogP contribution in [0.3, 0.4) is 0 Å². The lowest BCUT2D eigenvalue weighted by molar-refractivity contribution is 0.0674. The second-order valence-electron chi connectivity index (χ2n) is 5.41. The van der Waals surface area contributed by atoms with Crippen LogP contribution in [0.25, 0.3) is 0 Å². The molecule has 1 saturated heterocycles. The number of nitrogens with zero attached hydrogens (tertiary/aromatic N) is 2. The molecule has 2 unspecified atom stereocenters. The molecule has 0 bridgehead atoms. The Morgan fingerprint density at radius 3 is 3.00 bits per heavy atom. The van der Waals surface area contributed by atoms with Gasteiger partial charge in [-0.05, 0) is 46.2 Å².